The van der Waals surface area contributed by atoms with Crippen molar-refractivity contribution in [3.8, 4) is 5.75 Å². The number of hydrogen-bond donors (Lipinski definition) is 2. The molecule has 1 amide bonds. The van der Waals surface area contributed by atoms with Gasteiger partial charge in [-0.05, 0) is 43.0 Å². The van der Waals surface area contributed by atoms with Crippen LogP contribution in [0, 0.1) is 5.92 Å². The predicted molar refractivity (Wildman–Crippen MR) is 106 cm³/mol. The molecule has 0 saturated carbocycles. The van der Waals surface area contributed by atoms with Crippen molar-refractivity contribution in [3.63, 3.8) is 0 Å². The van der Waals surface area contributed by atoms with Crippen LogP contribution < -0.4 is 15.2 Å². The zero-order valence-corrected chi connectivity index (χ0v) is 16.9. The standard InChI is InChI=1S/C18H24ClN3O4S/c1-12(2)11-15(20)18(23)22-9-4-10-27(24,25)26-16-7-6-14(19)13-5-3-8-21-17(13)16/h3,5-8,12,15H,4,9-11,20H2,1-2H3,(H,22,23)/t15-/m0/s1. The van der Waals surface area contributed by atoms with Gasteiger partial charge in [-0.15, -0.1) is 0 Å². The number of nitrogens with two attached hydrogens (primary N) is 1. The molecule has 1 heterocycles. The molecule has 0 spiro atoms. The van der Waals surface area contributed by atoms with E-state index in [0.717, 1.165) is 0 Å². The van der Waals surface area contributed by atoms with Gasteiger partial charge in [-0.1, -0.05) is 25.4 Å². The number of carbonyl (C=O) groups is 1. The molecule has 0 fully saturated rings. The molecule has 7 nitrogen and oxygen atoms in total. The van der Waals surface area contributed by atoms with Crippen LogP contribution in [0.3, 0.4) is 0 Å². The SMILES string of the molecule is CC(C)C[C@H](N)C(=O)NCCCS(=O)(=O)Oc1ccc(Cl)c2cccnc12. The van der Waals surface area contributed by atoms with E-state index < -0.39 is 16.2 Å². The molecule has 1 aromatic carbocycles. The molecule has 0 unspecified atom stereocenters. The number of hydrogen-bond acceptors (Lipinski definition) is 6. The summed E-state index contributed by atoms with van der Waals surface area (Å²) in [6, 6.07) is 5.89. The third-order valence-electron chi connectivity index (χ3n) is 3.83. The first-order valence-corrected chi connectivity index (χ1v) is 10.6. The van der Waals surface area contributed by atoms with Crippen molar-refractivity contribution in [1.29, 1.82) is 0 Å². The summed E-state index contributed by atoms with van der Waals surface area (Å²) in [6.45, 7) is 4.16. The Hall–Kier alpha value is -1.90. The van der Waals surface area contributed by atoms with E-state index in [9.17, 15) is 13.2 Å². The molecular formula is C18H24ClN3O4S. The van der Waals surface area contributed by atoms with Gasteiger partial charge in [0.1, 0.15) is 5.52 Å². The lowest BCUT2D eigenvalue weighted by Crippen LogP contribution is -2.42. The van der Waals surface area contributed by atoms with Crippen LogP contribution in [0.25, 0.3) is 10.9 Å². The number of amides is 1. The van der Waals surface area contributed by atoms with E-state index in [1.807, 2.05) is 13.8 Å². The fourth-order valence-corrected chi connectivity index (χ4v) is 3.77. The fourth-order valence-electron chi connectivity index (χ4n) is 2.56. The predicted octanol–water partition coefficient (Wildman–Crippen LogP) is 2.48. The van der Waals surface area contributed by atoms with Crippen molar-refractivity contribution in [3.05, 3.63) is 35.5 Å². The Bertz CT molecular complexity index is 903. The molecule has 0 bridgehead atoms. The van der Waals surface area contributed by atoms with Gasteiger partial charge in [0.15, 0.2) is 5.75 Å². The number of rotatable bonds is 9. The summed E-state index contributed by atoms with van der Waals surface area (Å²) < 4.78 is 29.7. The second-order valence-corrected chi connectivity index (χ2v) is 8.77. The molecule has 2 aromatic rings. The number of nitrogens with zero attached hydrogens (tertiary/aromatic N) is 1. The zero-order valence-electron chi connectivity index (χ0n) is 15.3. The smallest absolute Gasteiger partial charge is 0.309 e. The van der Waals surface area contributed by atoms with Crippen molar-refractivity contribution < 1.29 is 17.4 Å². The monoisotopic (exact) mass is 413 g/mol. The number of halogens is 1. The van der Waals surface area contributed by atoms with Crippen LogP contribution in [-0.2, 0) is 14.9 Å². The number of pyridine rings is 1. The summed E-state index contributed by atoms with van der Waals surface area (Å²) >= 11 is 6.09. The molecule has 0 aliphatic heterocycles. The highest BCUT2D eigenvalue weighted by Gasteiger charge is 2.18. The number of carbonyl (C=O) groups excluding carboxylic acids is 1. The lowest BCUT2D eigenvalue weighted by molar-refractivity contribution is -0.122. The van der Waals surface area contributed by atoms with E-state index in [1.165, 1.54) is 12.3 Å². The summed E-state index contributed by atoms with van der Waals surface area (Å²) in [7, 11) is -3.84. The maximum absolute atomic E-state index is 12.2. The lowest BCUT2D eigenvalue weighted by Gasteiger charge is -2.14. The number of fused-ring (bicyclic) bond motifs is 1. The van der Waals surface area contributed by atoms with E-state index in [2.05, 4.69) is 10.3 Å². The highest BCUT2D eigenvalue weighted by molar-refractivity contribution is 7.87. The normalized spacial score (nSPS) is 12.9. The van der Waals surface area contributed by atoms with Crippen LogP contribution in [0.5, 0.6) is 5.75 Å². The third kappa shape index (κ3) is 6.34. The minimum atomic E-state index is -3.84. The van der Waals surface area contributed by atoms with Crippen molar-refractivity contribution in [1.82, 2.24) is 10.3 Å². The van der Waals surface area contributed by atoms with Crippen LogP contribution in [0.15, 0.2) is 30.5 Å². The Kier molecular flexibility index (Phi) is 7.41. The molecule has 0 saturated heterocycles. The maximum atomic E-state index is 12.2. The highest BCUT2D eigenvalue weighted by Crippen LogP contribution is 2.30. The number of aromatic nitrogens is 1. The first kappa shape index (κ1) is 21.4. The Morgan fingerprint density at radius 1 is 1.33 bits per heavy atom. The van der Waals surface area contributed by atoms with Crippen LogP contribution in [0.1, 0.15) is 26.7 Å². The van der Waals surface area contributed by atoms with Crippen molar-refractivity contribution in [2.45, 2.75) is 32.7 Å². The molecule has 0 aliphatic rings. The van der Waals surface area contributed by atoms with Crippen LogP contribution in [0.2, 0.25) is 5.02 Å². The van der Waals surface area contributed by atoms with Crippen LogP contribution in [0.4, 0.5) is 0 Å². The van der Waals surface area contributed by atoms with E-state index in [4.69, 9.17) is 21.5 Å². The van der Waals surface area contributed by atoms with E-state index in [0.29, 0.717) is 28.3 Å². The van der Waals surface area contributed by atoms with Crippen LogP contribution in [-0.4, -0.2) is 37.6 Å². The molecule has 1 atom stereocenters. The zero-order chi connectivity index (χ0) is 20.0. The van der Waals surface area contributed by atoms with Gasteiger partial charge in [-0.3, -0.25) is 9.78 Å². The summed E-state index contributed by atoms with van der Waals surface area (Å²) in [4.78, 5) is 16.0. The molecule has 9 heteroatoms. The molecular weight excluding hydrogens is 390 g/mol. The Balaban J connectivity index is 1.91. The van der Waals surface area contributed by atoms with Crippen molar-refractivity contribution in [2.75, 3.05) is 12.3 Å². The minimum Gasteiger partial charge on any atom is -0.380 e. The lowest BCUT2D eigenvalue weighted by atomic mass is 10.0. The second-order valence-electron chi connectivity index (χ2n) is 6.67. The van der Waals surface area contributed by atoms with Gasteiger partial charge < -0.3 is 15.2 Å². The number of nitrogens with one attached hydrogen (secondary N) is 1. The topological polar surface area (TPSA) is 111 Å². The molecule has 148 valence electrons. The Morgan fingerprint density at radius 3 is 2.78 bits per heavy atom. The maximum Gasteiger partial charge on any atom is 0.309 e. The summed E-state index contributed by atoms with van der Waals surface area (Å²) in [5.74, 6) is -0.0980. The van der Waals surface area contributed by atoms with Gasteiger partial charge >= 0.3 is 10.1 Å². The van der Waals surface area contributed by atoms with Gasteiger partial charge in [0.2, 0.25) is 5.91 Å². The summed E-state index contributed by atoms with van der Waals surface area (Å²) in [5.41, 5.74) is 6.16. The van der Waals surface area contributed by atoms with Gasteiger partial charge in [0.25, 0.3) is 0 Å². The third-order valence-corrected chi connectivity index (χ3v) is 5.38. The summed E-state index contributed by atoms with van der Waals surface area (Å²) in [6.07, 6.45) is 2.32. The Labute approximate surface area is 164 Å². The highest BCUT2D eigenvalue weighted by atomic mass is 35.5. The van der Waals surface area contributed by atoms with Gasteiger partial charge in [0.05, 0.1) is 16.8 Å². The molecule has 27 heavy (non-hydrogen) atoms. The Morgan fingerprint density at radius 2 is 2.07 bits per heavy atom. The fraction of sp³-hybridized carbons (Fsp3) is 0.444. The average Bonchev–Trinajstić information content (AvgIpc) is 2.60. The molecule has 0 radical (unpaired) electrons. The quantitative estimate of drug-likeness (QED) is 0.482. The molecule has 0 aliphatic carbocycles. The average molecular weight is 414 g/mol. The van der Waals surface area contributed by atoms with Gasteiger partial charge in [0, 0.05) is 18.1 Å². The molecule has 3 N–H and O–H groups in total. The van der Waals surface area contributed by atoms with Crippen molar-refractivity contribution in [2.24, 2.45) is 11.7 Å². The van der Waals surface area contributed by atoms with Gasteiger partial charge in [-0.25, -0.2) is 0 Å². The van der Waals surface area contributed by atoms with Crippen LogP contribution >= 0.6 is 11.6 Å². The number of benzene rings is 1. The first-order chi connectivity index (χ1) is 12.7. The summed E-state index contributed by atoms with van der Waals surface area (Å²) in [5, 5.41) is 3.72. The van der Waals surface area contributed by atoms with E-state index in [1.54, 1.807) is 18.2 Å². The van der Waals surface area contributed by atoms with E-state index in [-0.39, 0.29) is 30.4 Å². The van der Waals surface area contributed by atoms with E-state index >= 15 is 0 Å². The first-order valence-electron chi connectivity index (χ1n) is 8.68. The second kappa shape index (κ2) is 9.34. The molecule has 2 rings (SSSR count). The van der Waals surface area contributed by atoms with Crippen molar-refractivity contribution >= 4 is 38.5 Å². The minimum absolute atomic E-state index is 0.123. The largest absolute Gasteiger partial charge is 0.380 e. The van der Waals surface area contributed by atoms with Gasteiger partial charge in [-0.2, -0.15) is 8.42 Å². The molecule has 1 aromatic heterocycles.